The van der Waals surface area contributed by atoms with Gasteiger partial charge in [0, 0.05) is 42.3 Å². The second-order valence-electron chi connectivity index (χ2n) is 7.54. The van der Waals surface area contributed by atoms with Crippen LogP contribution in [0.2, 0.25) is 0 Å². The van der Waals surface area contributed by atoms with Crippen LogP contribution in [0.25, 0.3) is 0 Å². The molecule has 2 fully saturated rings. The van der Waals surface area contributed by atoms with Crippen molar-refractivity contribution in [3.63, 3.8) is 0 Å². The molecule has 5 rings (SSSR count). The normalized spacial score (nSPS) is 27.2. The van der Waals surface area contributed by atoms with E-state index in [1.54, 1.807) is 24.0 Å². The van der Waals surface area contributed by atoms with Crippen LogP contribution in [0, 0.1) is 5.82 Å². The Bertz CT molecular complexity index is 866. The number of aromatic nitrogens is 1. The predicted molar refractivity (Wildman–Crippen MR) is 109 cm³/mol. The highest BCUT2D eigenvalue weighted by Gasteiger charge is 2.44. The topological polar surface area (TPSA) is 31.7 Å². The first-order valence-corrected chi connectivity index (χ1v) is 10.5. The number of pyridine rings is 1. The van der Waals surface area contributed by atoms with Gasteiger partial charge in [-0.25, -0.2) is 4.39 Å². The number of anilines is 1. The molecule has 6 heteroatoms. The molecule has 0 radical (unpaired) electrons. The lowest BCUT2D eigenvalue weighted by atomic mass is 9.95. The molecule has 0 bridgehead atoms. The summed E-state index contributed by atoms with van der Waals surface area (Å²) in [5.41, 5.74) is 2.62. The van der Waals surface area contributed by atoms with Crippen molar-refractivity contribution in [1.29, 1.82) is 0 Å². The molecule has 0 amide bonds. The summed E-state index contributed by atoms with van der Waals surface area (Å²) in [5.74, 6) is -0.133. The summed E-state index contributed by atoms with van der Waals surface area (Å²) in [4.78, 5) is 14.0. The van der Waals surface area contributed by atoms with E-state index in [-0.39, 0.29) is 17.9 Å². The van der Waals surface area contributed by atoms with Crippen LogP contribution in [0.3, 0.4) is 0 Å². The van der Waals surface area contributed by atoms with E-state index in [1.165, 1.54) is 12.8 Å². The smallest absolute Gasteiger partial charge is 0.160 e. The minimum Gasteiger partial charge on any atom is -0.371 e. The van der Waals surface area contributed by atoms with Crippen molar-refractivity contribution in [3.8, 4) is 0 Å². The van der Waals surface area contributed by atoms with Crippen molar-refractivity contribution >= 4 is 22.6 Å². The molecule has 0 spiro atoms. The summed E-state index contributed by atoms with van der Waals surface area (Å²) in [6.45, 7) is 5.13. The van der Waals surface area contributed by atoms with Crippen molar-refractivity contribution in [3.05, 3.63) is 59.7 Å². The predicted octanol–water partition coefficient (Wildman–Crippen LogP) is 4.41. The molecule has 0 saturated carbocycles. The van der Waals surface area contributed by atoms with Crippen LogP contribution in [0.15, 0.2) is 47.6 Å². The van der Waals surface area contributed by atoms with Crippen LogP contribution in [0.4, 0.5) is 10.1 Å². The van der Waals surface area contributed by atoms with Crippen molar-refractivity contribution in [2.24, 2.45) is 4.99 Å². The first-order valence-electron chi connectivity index (χ1n) is 9.67. The van der Waals surface area contributed by atoms with Crippen LogP contribution >= 0.6 is 11.8 Å². The molecule has 1 aromatic carbocycles. The lowest BCUT2D eigenvalue weighted by molar-refractivity contribution is 0.313. The summed E-state index contributed by atoms with van der Waals surface area (Å²) in [7, 11) is 0. The second-order valence-corrected chi connectivity index (χ2v) is 8.94. The van der Waals surface area contributed by atoms with Crippen LogP contribution in [-0.4, -0.2) is 39.9 Å². The van der Waals surface area contributed by atoms with E-state index in [9.17, 15) is 0 Å². The molecule has 0 N–H and O–H groups in total. The molecule has 3 aliphatic rings. The molecule has 1 aromatic heterocycles. The highest BCUT2D eigenvalue weighted by molar-refractivity contribution is 8.14. The zero-order chi connectivity index (χ0) is 18.4. The third-order valence-electron chi connectivity index (χ3n) is 5.66. The number of thioether (sulfide) groups is 1. The van der Waals surface area contributed by atoms with Gasteiger partial charge >= 0.3 is 0 Å². The zero-order valence-corrected chi connectivity index (χ0v) is 16.2. The highest BCUT2D eigenvalue weighted by atomic mass is 32.2. The van der Waals surface area contributed by atoms with E-state index in [2.05, 4.69) is 27.8 Å². The van der Waals surface area contributed by atoms with Crippen molar-refractivity contribution in [2.75, 3.05) is 24.5 Å². The van der Waals surface area contributed by atoms with Gasteiger partial charge in [0.2, 0.25) is 0 Å². The van der Waals surface area contributed by atoms with Crippen molar-refractivity contribution < 1.29 is 4.39 Å². The molecule has 0 unspecified atom stereocenters. The number of rotatable bonds is 3. The van der Waals surface area contributed by atoms with Crippen LogP contribution in [0.1, 0.15) is 43.1 Å². The van der Waals surface area contributed by atoms with E-state index >= 15 is 4.39 Å². The Hall–Kier alpha value is -2.08. The van der Waals surface area contributed by atoms with Gasteiger partial charge in [-0.2, -0.15) is 0 Å². The first-order chi connectivity index (χ1) is 13.2. The number of aliphatic imine (C=N–C) groups is 1. The molecule has 3 atom stereocenters. The van der Waals surface area contributed by atoms with E-state index in [0.29, 0.717) is 5.25 Å². The summed E-state index contributed by atoms with van der Waals surface area (Å²) in [6, 6.07) is 11.3. The lowest BCUT2D eigenvalue weighted by Crippen LogP contribution is -2.29. The molecule has 2 aromatic rings. The van der Waals surface area contributed by atoms with E-state index in [1.807, 2.05) is 24.3 Å². The van der Waals surface area contributed by atoms with Gasteiger partial charge < -0.3 is 9.80 Å². The van der Waals surface area contributed by atoms with Gasteiger partial charge in [-0.1, -0.05) is 30.8 Å². The summed E-state index contributed by atoms with van der Waals surface area (Å²) >= 11 is 1.78. The number of hydrogen-bond donors (Lipinski definition) is 0. The fraction of sp³-hybridized carbons (Fsp3) is 0.429. The molecule has 4 heterocycles. The lowest BCUT2D eigenvalue weighted by Gasteiger charge is -2.28. The minimum absolute atomic E-state index is 0.125. The average Bonchev–Trinajstić information content (AvgIpc) is 3.39. The third-order valence-corrected chi connectivity index (χ3v) is 6.76. The quantitative estimate of drug-likeness (QED) is 0.787. The molecule has 0 aliphatic carbocycles. The number of fused-ring (bicyclic) bond motifs is 1. The number of hydrogen-bond acceptors (Lipinski definition) is 5. The van der Waals surface area contributed by atoms with Gasteiger partial charge in [0.15, 0.2) is 5.17 Å². The molecule has 3 aliphatic heterocycles. The Morgan fingerprint density at radius 1 is 1.15 bits per heavy atom. The highest BCUT2D eigenvalue weighted by Crippen LogP contribution is 2.48. The van der Waals surface area contributed by atoms with Gasteiger partial charge in [-0.3, -0.25) is 9.98 Å². The van der Waals surface area contributed by atoms with E-state index in [4.69, 9.17) is 4.99 Å². The first kappa shape index (κ1) is 17.0. The minimum atomic E-state index is -0.159. The molecule has 27 heavy (non-hydrogen) atoms. The average molecular weight is 383 g/mol. The maximum Gasteiger partial charge on any atom is 0.160 e. The number of benzene rings is 1. The third kappa shape index (κ3) is 3.00. The van der Waals surface area contributed by atoms with Gasteiger partial charge in [0.05, 0.1) is 11.7 Å². The maximum absolute atomic E-state index is 15.3. The molecule has 2 saturated heterocycles. The fourth-order valence-electron chi connectivity index (χ4n) is 4.38. The van der Waals surface area contributed by atoms with Gasteiger partial charge in [-0.05, 0) is 37.1 Å². The van der Waals surface area contributed by atoms with Crippen LogP contribution in [0.5, 0.6) is 0 Å². The molecular formula is C21H23FN4S. The summed E-state index contributed by atoms with van der Waals surface area (Å²) < 4.78 is 15.3. The molecule has 140 valence electrons. The van der Waals surface area contributed by atoms with Gasteiger partial charge in [0.1, 0.15) is 11.9 Å². The molecular weight excluding hydrogens is 359 g/mol. The van der Waals surface area contributed by atoms with Crippen LogP contribution in [-0.2, 0) is 0 Å². The van der Waals surface area contributed by atoms with Crippen molar-refractivity contribution in [2.45, 2.75) is 37.1 Å². The van der Waals surface area contributed by atoms with Gasteiger partial charge in [0.25, 0.3) is 0 Å². The standard InChI is InChI=1S/C21H23FN4S/c1-14-13-26-20(19(24-21(26)27-14)18-6-2-3-9-23-18)16-8-7-15(12-17(16)22)25-10-4-5-11-25/h2-3,6-9,12,14,19-20H,4-5,10-11,13H2,1H3/t14-,19+,20+/m1/s1. The maximum atomic E-state index is 15.3. The van der Waals surface area contributed by atoms with Gasteiger partial charge in [-0.15, -0.1) is 0 Å². The number of halogens is 1. The zero-order valence-electron chi connectivity index (χ0n) is 15.4. The Kier molecular flexibility index (Phi) is 4.31. The summed E-state index contributed by atoms with van der Waals surface area (Å²) in [6.07, 6.45) is 4.17. The Morgan fingerprint density at radius 3 is 2.74 bits per heavy atom. The Morgan fingerprint density at radius 2 is 2.00 bits per heavy atom. The Labute approximate surface area is 163 Å². The number of nitrogens with zero attached hydrogens (tertiary/aromatic N) is 4. The Balaban J connectivity index is 1.53. The van der Waals surface area contributed by atoms with E-state index < -0.39 is 0 Å². The van der Waals surface area contributed by atoms with E-state index in [0.717, 1.165) is 41.7 Å². The van der Waals surface area contributed by atoms with Crippen LogP contribution < -0.4 is 4.90 Å². The second kappa shape index (κ2) is 6.82. The fourth-order valence-corrected chi connectivity index (χ4v) is 5.47. The number of amidine groups is 1. The monoisotopic (exact) mass is 382 g/mol. The summed E-state index contributed by atoms with van der Waals surface area (Å²) in [5, 5.41) is 1.49. The van der Waals surface area contributed by atoms with Crippen molar-refractivity contribution in [1.82, 2.24) is 9.88 Å². The largest absolute Gasteiger partial charge is 0.371 e. The SMILES string of the molecule is C[C@@H]1CN2C(=N[C@@H](c3ccccn3)[C@@H]2c2ccc(N3CCCC3)cc2F)S1. The molecule has 4 nitrogen and oxygen atoms in total.